The fraction of sp³-hybridized carbons (Fsp3) is 0.522. The first kappa shape index (κ1) is 21.0. The summed E-state index contributed by atoms with van der Waals surface area (Å²) < 4.78 is 1.78. The Kier molecular flexibility index (Phi) is 5.43. The number of benzene rings is 1. The van der Waals surface area contributed by atoms with Gasteiger partial charge in [0.2, 0.25) is 11.8 Å². The fourth-order valence-electron chi connectivity index (χ4n) is 3.98. The van der Waals surface area contributed by atoms with Gasteiger partial charge in [0.25, 0.3) is 0 Å². The Morgan fingerprint density at radius 3 is 2.67 bits per heavy atom. The van der Waals surface area contributed by atoms with Crippen molar-refractivity contribution in [3.8, 4) is 0 Å². The van der Waals surface area contributed by atoms with E-state index in [1.807, 2.05) is 7.05 Å². The second-order valence-corrected chi connectivity index (χ2v) is 10.5. The molecule has 0 spiro atoms. The minimum Gasteiger partial charge on any atom is -0.352 e. The maximum absolute atomic E-state index is 13.2. The summed E-state index contributed by atoms with van der Waals surface area (Å²) in [6, 6.07) is 8.71. The number of nitrogens with one attached hydrogen (secondary N) is 1. The molecule has 1 saturated carbocycles. The minimum absolute atomic E-state index is 0.0109. The molecule has 1 atom stereocenters. The molecule has 6 nitrogen and oxygen atoms in total. The van der Waals surface area contributed by atoms with Crippen molar-refractivity contribution < 1.29 is 9.59 Å². The number of aromatic nitrogens is 2. The van der Waals surface area contributed by atoms with Crippen molar-refractivity contribution in [2.24, 2.45) is 7.05 Å². The first-order valence-corrected chi connectivity index (χ1v) is 11.6. The molecular weight excluding hydrogens is 396 g/mol. The molecule has 0 saturated heterocycles. The largest absolute Gasteiger partial charge is 0.352 e. The Morgan fingerprint density at radius 1 is 1.30 bits per heavy atom. The number of aryl methyl sites for hydroxylation is 2. The Balaban J connectivity index is 1.83. The number of hydrogen-bond donors (Lipinski definition) is 1. The van der Waals surface area contributed by atoms with Crippen LogP contribution >= 0.6 is 11.8 Å². The summed E-state index contributed by atoms with van der Waals surface area (Å²) in [5.41, 5.74) is 4.18. The molecule has 2 heterocycles. The maximum Gasteiger partial charge on any atom is 0.240 e. The van der Waals surface area contributed by atoms with Gasteiger partial charge in [-0.05, 0) is 25.3 Å². The Labute approximate surface area is 182 Å². The van der Waals surface area contributed by atoms with Crippen molar-refractivity contribution in [3.63, 3.8) is 0 Å². The lowest BCUT2D eigenvalue weighted by Gasteiger charge is -2.24. The molecule has 1 aliphatic heterocycles. The molecular formula is C23H30N4O2S. The smallest absolute Gasteiger partial charge is 0.240 e. The zero-order valence-corrected chi connectivity index (χ0v) is 19.2. The number of carbonyl (C=O) groups is 2. The van der Waals surface area contributed by atoms with E-state index >= 15 is 0 Å². The minimum atomic E-state index is -0.191. The van der Waals surface area contributed by atoms with Crippen molar-refractivity contribution in [1.29, 1.82) is 0 Å². The van der Waals surface area contributed by atoms with Gasteiger partial charge in [0.05, 0.1) is 16.7 Å². The molecule has 2 aliphatic rings. The van der Waals surface area contributed by atoms with E-state index in [9.17, 15) is 9.59 Å². The van der Waals surface area contributed by atoms with Gasteiger partial charge in [-0.2, -0.15) is 5.10 Å². The topological polar surface area (TPSA) is 67.2 Å². The predicted octanol–water partition coefficient (Wildman–Crippen LogP) is 3.47. The van der Waals surface area contributed by atoms with Crippen LogP contribution in [0.1, 0.15) is 61.2 Å². The number of fused-ring (bicyclic) bond motifs is 1. The standard InChI is InChI=1S/C23H30N4O2S/c1-14-7-6-8-15(11-14)20-19-21(23(2,3)4)25-26(5)22(19)27(18(29)13-30-20)12-17(28)24-16-9-10-16/h6-8,11,16,20H,9-10,12-13H2,1-5H3,(H,24,28). The van der Waals surface area contributed by atoms with Gasteiger partial charge in [0.15, 0.2) is 0 Å². The van der Waals surface area contributed by atoms with E-state index in [1.165, 1.54) is 5.56 Å². The third kappa shape index (κ3) is 4.13. The molecule has 0 bridgehead atoms. The molecule has 1 aromatic heterocycles. The van der Waals surface area contributed by atoms with Crippen LogP contribution in [-0.4, -0.2) is 39.9 Å². The highest BCUT2D eigenvalue weighted by Crippen LogP contribution is 2.47. The van der Waals surface area contributed by atoms with E-state index in [1.54, 1.807) is 21.3 Å². The van der Waals surface area contributed by atoms with E-state index in [-0.39, 0.29) is 35.1 Å². The van der Waals surface area contributed by atoms with Crippen LogP contribution in [0.2, 0.25) is 0 Å². The van der Waals surface area contributed by atoms with Gasteiger partial charge in [-0.15, -0.1) is 11.8 Å². The van der Waals surface area contributed by atoms with E-state index in [0.717, 1.165) is 35.5 Å². The summed E-state index contributed by atoms with van der Waals surface area (Å²) in [5.74, 6) is 0.917. The molecule has 1 aromatic carbocycles. The molecule has 0 radical (unpaired) electrons. The summed E-state index contributed by atoms with van der Waals surface area (Å²) in [6.45, 7) is 8.55. The van der Waals surface area contributed by atoms with Gasteiger partial charge in [-0.25, -0.2) is 0 Å². The summed E-state index contributed by atoms with van der Waals surface area (Å²) in [4.78, 5) is 27.4. The van der Waals surface area contributed by atoms with Crippen LogP contribution in [0.3, 0.4) is 0 Å². The van der Waals surface area contributed by atoms with Gasteiger partial charge in [-0.3, -0.25) is 19.2 Å². The number of rotatable bonds is 4. The molecule has 2 amide bonds. The van der Waals surface area contributed by atoms with Crippen LogP contribution in [0.15, 0.2) is 24.3 Å². The Morgan fingerprint density at radius 2 is 2.03 bits per heavy atom. The van der Waals surface area contributed by atoms with Crippen molar-refractivity contribution in [2.75, 3.05) is 17.2 Å². The second kappa shape index (κ2) is 7.76. The SMILES string of the molecule is Cc1cccc(C2SCC(=O)N(CC(=O)NC3CC3)c3c2c(C(C)(C)C)nn3C)c1. The second-order valence-electron chi connectivity index (χ2n) is 9.39. The normalized spacial score (nSPS) is 19.4. The number of carbonyl (C=O) groups excluding carboxylic acids is 2. The zero-order chi connectivity index (χ0) is 21.6. The van der Waals surface area contributed by atoms with E-state index in [0.29, 0.717) is 5.75 Å². The summed E-state index contributed by atoms with van der Waals surface area (Å²) in [6.07, 6.45) is 2.05. The highest BCUT2D eigenvalue weighted by Gasteiger charge is 2.39. The average Bonchev–Trinajstić information content (AvgIpc) is 3.41. The van der Waals surface area contributed by atoms with Crippen molar-refractivity contribution >= 4 is 29.4 Å². The van der Waals surface area contributed by atoms with E-state index < -0.39 is 0 Å². The number of hydrogen-bond acceptors (Lipinski definition) is 4. The molecule has 2 aromatic rings. The molecule has 1 unspecified atom stereocenters. The zero-order valence-electron chi connectivity index (χ0n) is 18.4. The van der Waals surface area contributed by atoms with Crippen LogP contribution in [0.4, 0.5) is 5.82 Å². The molecule has 1 aliphatic carbocycles. The lowest BCUT2D eigenvalue weighted by molar-refractivity contribution is -0.123. The molecule has 7 heteroatoms. The van der Waals surface area contributed by atoms with E-state index in [4.69, 9.17) is 5.10 Å². The first-order valence-electron chi connectivity index (χ1n) is 10.5. The monoisotopic (exact) mass is 426 g/mol. The first-order chi connectivity index (χ1) is 14.1. The van der Waals surface area contributed by atoms with Crippen LogP contribution in [0.25, 0.3) is 0 Å². The Hall–Kier alpha value is -2.28. The molecule has 4 rings (SSSR count). The molecule has 30 heavy (non-hydrogen) atoms. The lowest BCUT2D eigenvalue weighted by Crippen LogP contribution is -2.43. The summed E-state index contributed by atoms with van der Waals surface area (Å²) in [7, 11) is 1.87. The number of amides is 2. The number of nitrogens with zero attached hydrogens (tertiary/aromatic N) is 3. The number of anilines is 1. The van der Waals surface area contributed by atoms with Gasteiger partial charge < -0.3 is 5.32 Å². The number of thioether (sulfide) groups is 1. The fourth-order valence-corrected chi connectivity index (χ4v) is 5.17. The van der Waals surface area contributed by atoms with Crippen LogP contribution in [-0.2, 0) is 22.1 Å². The van der Waals surface area contributed by atoms with Gasteiger partial charge in [0.1, 0.15) is 12.4 Å². The van der Waals surface area contributed by atoms with Gasteiger partial charge in [-0.1, -0.05) is 50.6 Å². The molecule has 160 valence electrons. The quantitative estimate of drug-likeness (QED) is 0.813. The van der Waals surface area contributed by atoms with Crippen molar-refractivity contribution in [1.82, 2.24) is 15.1 Å². The highest BCUT2D eigenvalue weighted by atomic mass is 32.2. The highest BCUT2D eigenvalue weighted by molar-refractivity contribution is 8.00. The van der Waals surface area contributed by atoms with Crippen molar-refractivity contribution in [2.45, 2.75) is 57.2 Å². The summed E-state index contributed by atoms with van der Waals surface area (Å²) >= 11 is 1.62. The van der Waals surface area contributed by atoms with Crippen LogP contribution in [0.5, 0.6) is 0 Å². The van der Waals surface area contributed by atoms with Gasteiger partial charge >= 0.3 is 0 Å². The van der Waals surface area contributed by atoms with Crippen LogP contribution in [0, 0.1) is 6.92 Å². The third-order valence-corrected chi connectivity index (χ3v) is 6.80. The lowest BCUT2D eigenvalue weighted by atomic mass is 9.87. The maximum atomic E-state index is 13.2. The Bertz CT molecular complexity index is 988. The molecule has 1 N–H and O–H groups in total. The summed E-state index contributed by atoms with van der Waals surface area (Å²) in [5, 5.41) is 7.85. The van der Waals surface area contributed by atoms with Crippen molar-refractivity contribution in [3.05, 3.63) is 46.6 Å². The third-order valence-electron chi connectivity index (χ3n) is 5.54. The van der Waals surface area contributed by atoms with Gasteiger partial charge in [0, 0.05) is 24.1 Å². The average molecular weight is 427 g/mol. The molecule has 1 fully saturated rings. The van der Waals surface area contributed by atoms with Crippen LogP contribution < -0.4 is 10.2 Å². The predicted molar refractivity (Wildman–Crippen MR) is 121 cm³/mol. The van der Waals surface area contributed by atoms with E-state index in [2.05, 4.69) is 57.3 Å².